The number of carbonyl (C=O) groups excluding carboxylic acids is 1. The van der Waals surface area contributed by atoms with Gasteiger partial charge in [-0.05, 0) is 63.1 Å². The summed E-state index contributed by atoms with van der Waals surface area (Å²) >= 11 is 1.38. The predicted molar refractivity (Wildman–Crippen MR) is 131 cm³/mol. The summed E-state index contributed by atoms with van der Waals surface area (Å²) in [4.78, 5) is 31.0. The number of nitrogens with one attached hydrogen (secondary N) is 2. The first kappa shape index (κ1) is 21.1. The molecule has 0 fully saturated rings. The van der Waals surface area contributed by atoms with Gasteiger partial charge in [-0.25, -0.2) is 0 Å². The summed E-state index contributed by atoms with van der Waals surface area (Å²) in [6.45, 7) is 8.64. The maximum Gasteiger partial charge on any atom is 0.261 e. The van der Waals surface area contributed by atoms with Crippen molar-refractivity contribution in [2.45, 2.75) is 27.2 Å². The maximum atomic E-state index is 12.7. The Kier molecular flexibility index (Phi) is 6.09. The second-order valence-electron chi connectivity index (χ2n) is 7.88. The first-order chi connectivity index (χ1) is 15.0. The molecular weight excluding hydrogens is 406 g/mol. The van der Waals surface area contributed by atoms with Gasteiger partial charge in [0.2, 0.25) is 0 Å². The molecule has 31 heavy (non-hydrogen) atoms. The fraction of sp³-hybridized carbons (Fsp3) is 0.280. The van der Waals surface area contributed by atoms with E-state index >= 15 is 0 Å². The summed E-state index contributed by atoms with van der Waals surface area (Å²) in [6.07, 6.45) is 0.848. The van der Waals surface area contributed by atoms with Crippen LogP contribution in [-0.2, 0) is 0 Å². The van der Waals surface area contributed by atoms with Crippen LogP contribution in [0.25, 0.3) is 21.0 Å². The normalized spacial score (nSPS) is 11.2. The van der Waals surface area contributed by atoms with Crippen molar-refractivity contribution in [3.63, 3.8) is 0 Å². The first-order valence-electron chi connectivity index (χ1n) is 10.6. The molecule has 0 bridgehead atoms. The Labute approximate surface area is 185 Å². The fourth-order valence-corrected chi connectivity index (χ4v) is 4.97. The molecule has 0 unspecified atom stereocenters. The van der Waals surface area contributed by atoms with Crippen LogP contribution in [0.15, 0.2) is 53.3 Å². The topological polar surface area (TPSA) is 65.2 Å². The van der Waals surface area contributed by atoms with Crippen LogP contribution in [0.1, 0.15) is 34.1 Å². The summed E-state index contributed by atoms with van der Waals surface area (Å²) in [5.41, 5.74) is 4.21. The summed E-state index contributed by atoms with van der Waals surface area (Å²) in [7, 11) is 0. The summed E-state index contributed by atoms with van der Waals surface area (Å²) < 4.78 is 0.865. The molecule has 5 nitrogen and oxygen atoms in total. The largest absolute Gasteiger partial charge is 0.372 e. The monoisotopic (exact) mass is 433 g/mol. The molecule has 0 aliphatic heterocycles. The third kappa shape index (κ3) is 4.49. The highest BCUT2D eigenvalue weighted by Gasteiger charge is 2.15. The van der Waals surface area contributed by atoms with Crippen LogP contribution >= 0.6 is 11.3 Å². The molecule has 6 heteroatoms. The lowest BCUT2D eigenvalue weighted by Gasteiger charge is -2.23. The Balaban J connectivity index is 1.44. The van der Waals surface area contributed by atoms with Crippen molar-refractivity contribution in [1.82, 2.24) is 10.3 Å². The molecule has 0 saturated heterocycles. The second kappa shape index (κ2) is 8.94. The zero-order valence-corrected chi connectivity index (χ0v) is 18.9. The fourth-order valence-electron chi connectivity index (χ4n) is 3.87. The van der Waals surface area contributed by atoms with Crippen molar-refractivity contribution in [2.75, 3.05) is 24.5 Å². The predicted octanol–water partition coefficient (Wildman–Crippen LogP) is 5.01. The van der Waals surface area contributed by atoms with Crippen molar-refractivity contribution in [2.24, 2.45) is 0 Å². The van der Waals surface area contributed by atoms with Gasteiger partial charge in [-0.15, -0.1) is 11.3 Å². The van der Waals surface area contributed by atoms with E-state index in [9.17, 15) is 9.59 Å². The van der Waals surface area contributed by atoms with Crippen LogP contribution in [0.2, 0.25) is 0 Å². The van der Waals surface area contributed by atoms with E-state index in [-0.39, 0.29) is 11.5 Å². The summed E-state index contributed by atoms with van der Waals surface area (Å²) in [6, 6.07) is 16.1. The average Bonchev–Trinajstić information content (AvgIpc) is 3.21. The summed E-state index contributed by atoms with van der Waals surface area (Å²) in [5.74, 6) is -0.125. The van der Waals surface area contributed by atoms with E-state index < -0.39 is 0 Å². The molecule has 0 aliphatic carbocycles. The third-order valence-electron chi connectivity index (χ3n) is 5.51. The minimum Gasteiger partial charge on any atom is -0.372 e. The molecule has 0 aliphatic rings. The number of amides is 1. The minimum atomic E-state index is -0.154. The number of aryl methyl sites for hydroxylation is 2. The van der Waals surface area contributed by atoms with Gasteiger partial charge in [0.15, 0.2) is 0 Å². The lowest BCUT2D eigenvalue weighted by molar-refractivity contribution is 0.0957. The van der Waals surface area contributed by atoms with E-state index in [0.717, 1.165) is 40.7 Å². The van der Waals surface area contributed by atoms with Gasteiger partial charge in [0.05, 0.1) is 10.3 Å². The maximum absolute atomic E-state index is 12.7. The quantitative estimate of drug-likeness (QED) is 0.403. The average molecular weight is 434 g/mol. The van der Waals surface area contributed by atoms with E-state index in [0.29, 0.717) is 16.8 Å². The SMILES string of the molecule is CCN(CCCNC(=O)c1cc2c(=O)[nH]c3ccc(C)cc3c2s1)c1cccc(C)c1. The number of pyridine rings is 1. The number of hydrogen-bond acceptors (Lipinski definition) is 4. The molecule has 0 saturated carbocycles. The molecule has 0 radical (unpaired) electrons. The zero-order chi connectivity index (χ0) is 22.0. The number of aromatic nitrogens is 1. The van der Waals surface area contributed by atoms with Crippen molar-refractivity contribution in [3.05, 3.63) is 74.9 Å². The van der Waals surface area contributed by atoms with E-state index in [1.807, 2.05) is 19.1 Å². The molecule has 1 amide bonds. The molecule has 2 heterocycles. The lowest BCUT2D eigenvalue weighted by atomic mass is 10.1. The van der Waals surface area contributed by atoms with Gasteiger partial charge in [-0.3, -0.25) is 9.59 Å². The standard InChI is InChI=1S/C25H27N3O2S/c1-4-28(18-8-5-7-16(2)13-18)12-6-11-26-25(30)22-15-20-23(31-22)19-14-17(3)9-10-21(19)27-24(20)29/h5,7-10,13-15H,4,6,11-12H2,1-3H3,(H,26,30)(H,27,29). The highest BCUT2D eigenvalue weighted by molar-refractivity contribution is 7.21. The molecule has 2 aromatic carbocycles. The lowest BCUT2D eigenvalue weighted by Crippen LogP contribution is -2.29. The highest BCUT2D eigenvalue weighted by atomic mass is 32.1. The summed E-state index contributed by atoms with van der Waals surface area (Å²) in [5, 5.41) is 4.57. The third-order valence-corrected chi connectivity index (χ3v) is 6.67. The minimum absolute atomic E-state index is 0.125. The van der Waals surface area contributed by atoms with Gasteiger partial charge in [-0.1, -0.05) is 23.8 Å². The van der Waals surface area contributed by atoms with E-state index in [4.69, 9.17) is 0 Å². The van der Waals surface area contributed by atoms with Gasteiger partial charge in [0.1, 0.15) is 0 Å². The number of fused-ring (bicyclic) bond motifs is 3. The first-order valence-corrected chi connectivity index (χ1v) is 11.4. The second-order valence-corrected chi connectivity index (χ2v) is 8.94. The van der Waals surface area contributed by atoms with Crippen LogP contribution < -0.4 is 15.8 Å². The number of hydrogen-bond donors (Lipinski definition) is 2. The van der Waals surface area contributed by atoms with Crippen molar-refractivity contribution in [1.29, 1.82) is 0 Å². The van der Waals surface area contributed by atoms with Gasteiger partial charge in [0.25, 0.3) is 11.5 Å². The van der Waals surface area contributed by atoms with Crippen LogP contribution in [0, 0.1) is 13.8 Å². The number of carbonyl (C=O) groups is 1. The Morgan fingerprint density at radius 1 is 1.06 bits per heavy atom. The van der Waals surface area contributed by atoms with Gasteiger partial charge < -0.3 is 15.2 Å². The Morgan fingerprint density at radius 3 is 2.65 bits per heavy atom. The van der Waals surface area contributed by atoms with Gasteiger partial charge in [0, 0.05) is 40.9 Å². The smallest absolute Gasteiger partial charge is 0.261 e. The van der Waals surface area contributed by atoms with E-state index in [2.05, 4.69) is 59.4 Å². The number of benzene rings is 2. The Hall–Kier alpha value is -3.12. The van der Waals surface area contributed by atoms with Crippen molar-refractivity contribution < 1.29 is 4.79 Å². The molecule has 2 N–H and O–H groups in total. The molecule has 4 rings (SSSR count). The number of rotatable bonds is 7. The van der Waals surface area contributed by atoms with Gasteiger partial charge >= 0.3 is 0 Å². The van der Waals surface area contributed by atoms with Crippen LogP contribution in [0.3, 0.4) is 0 Å². The van der Waals surface area contributed by atoms with Crippen molar-refractivity contribution >= 4 is 43.9 Å². The highest BCUT2D eigenvalue weighted by Crippen LogP contribution is 2.30. The number of thiophene rings is 1. The van der Waals surface area contributed by atoms with Crippen molar-refractivity contribution in [3.8, 4) is 0 Å². The van der Waals surface area contributed by atoms with Gasteiger partial charge in [-0.2, -0.15) is 0 Å². The molecule has 0 spiro atoms. The Bertz CT molecular complexity index is 1310. The molecule has 160 valence electrons. The number of anilines is 1. The van der Waals surface area contributed by atoms with E-state index in [1.54, 1.807) is 6.07 Å². The van der Waals surface area contributed by atoms with Crippen LogP contribution in [-0.4, -0.2) is 30.5 Å². The number of nitrogens with zero attached hydrogens (tertiary/aromatic N) is 1. The Morgan fingerprint density at radius 2 is 1.87 bits per heavy atom. The molecule has 2 aromatic heterocycles. The van der Waals surface area contributed by atoms with Crippen LogP contribution in [0.5, 0.6) is 0 Å². The zero-order valence-electron chi connectivity index (χ0n) is 18.1. The molecule has 4 aromatic rings. The molecule has 0 atom stereocenters. The van der Waals surface area contributed by atoms with Crippen LogP contribution in [0.4, 0.5) is 5.69 Å². The molecular formula is C25H27N3O2S. The number of H-pyrrole nitrogens is 1. The van der Waals surface area contributed by atoms with E-state index in [1.165, 1.54) is 22.6 Å². The number of aromatic amines is 1.